The Balaban J connectivity index is 2.49. The summed E-state index contributed by atoms with van der Waals surface area (Å²) < 4.78 is 45.4. The average Bonchev–Trinajstić information content (AvgIpc) is 2.39. The first-order chi connectivity index (χ1) is 9.81. The molecule has 21 heavy (non-hydrogen) atoms. The highest BCUT2D eigenvalue weighted by Gasteiger charge is 2.19. The van der Waals surface area contributed by atoms with Crippen LogP contribution in [0.5, 0.6) is 11.5 Å². The van der Waals surface area contributed by atoms with Gasteiger partial charge in [-0.15, -0.1) is 0 Å². The van der Waals surface area contributed by atoms with Crippen LogP contribution in [0.3, 0.4) is 0 Å². The zero-order chi connectivity index (χ0) is 15.6. The molecule has 0 radical (unpaired) electrons. The fourth-order valence-electron chi connectivity index (χ4n) is 1.64. The summed E-state index contributed by atoms with van der Waals surface area (Å²) in [7, 11) is -2.47. The molecule has 0 amide bonds. The molecule has 0 aliphatic carbocycles. The number of benzene rings is 2. The van der Waals surface area contributed by atoms with Crippen molar-refractivity contribution in [2.75, 3.05) is 12.8 Å². The smallest absolute Gasteiger partial charge is 0.244 e. The Kier molecular flexibility index (Phi) is 4.50. The second kappa shape index (κ2) is 6.00. The van der Waals surface area contributed by atoms with Gasteiger partial charge in [0.1, 0.15) is 22.2 Å². The molecule has 0 fully saturated rings. The van der Waals surface area contributed by atoms with Gasteiger partial charge >= 0.3 is 0 Å². The summed E-state index contributed by atoms with van der Waals surface area (Å²) in [6.07, 6.45) is 0. The minimum atomic E-state index is -3.75. The minimum Gasteiger partial charge on any atom is -0.456 e. The molecule has 2 aromatic carbocycles. The van der Waals surface area contributed by atoms with Crippen molar-refractivity contribution >= 4 is 31.6 Å². The van der Waals surface area contributed by atoms with Crippen LogP contribution in [0.4, 0.5) is 10.1 Å². The Labute approximate surface area is 130 Å². The predicted octanol–water partition coefficient (Wildman–Crippen LogP) is 2.87. The van der Waals surface area contributed by atoms with Crippen molar-refractivity contribution in [3.8, 4) is 11.5 Å². The number of nitrogens with two attached hydrogens (primary N) is 1. The molecule has 8 heteroatoms. The number of ether oxygens (including phenoxy) is 1. The highest BCUT2D eigenvalue weighted by atomic mass is 79.9. The van der Waals surface area contributed by atoms with E-state index in [1.165, 1.54) is 37.4 Å². The van der Waals surface area contributed by atoms with Gasteiger partial charge in [-0.1, -0.05) is 15.9 Å². The van der Waals surface area contributed by atoms with Crippen molar-refractivity contribution in [1.29, 1.82) is 0 Å². The Hall–Kier alpha value is -1.64. The number of nitrogen functional groups attached to an aromatic ring is 1. The van der Waals surface area contributed by atoms with Crippen molar-refractivity contribution in [2.45, 2.75) is 4.90 Å². The van der Waals surface area contributed by atoms with E-state index in [4.69, 9.17) is 10.5 Å². The average molecular weight is 375 g/mol. The van der Waals surface area contributed by atoms with Gasteiger partial charge in [0.25, 0.3) is 0 Å². The van der Waals surface area contributed by atoms with Crippen LogP contribution >= 0.6 is 15.9 Å². The van der Waals surface area contributed by atoms with Crippen LogP contribution in [0.25, 0.3) is 0 Å². The number of sulfonamides is 1. The maximum atomic E-state index is 13.3. The lowest BCUT2D eigenvalue weighted by atomic mass is 10.3. The zero-order valence-electron chi connectivity index (χ0n) is 10.9. The second-order valence-electron chi connectivity index (χ2n) is 4.12. The Morgan fingerprint density at radius 2 is 1.95 bits per heavy atom. The summed E-state index contributed by atoms with van der Waals surface area (Å²) in [6, 6.07) is 8.12. The minimum absolute atomic E-state index is 0.0519. The molecule has 0 atom stereocenters. The van der Waals surface area contributed by atoms with Gasteiger partial charge in [0.05, 0.1) is 0 Å². The fraction of sp³-hybridized carbons (Fsp3) is 0.0769. The monoisotopic (exact) mass is 374 g/mol. The number of halogens is 2. The van der Waals surface area contributed by atoms with Crippen LogP contribution in [0.15, 0.2) is 45.8 Å². The lowest BCUT2D eigenvalue weighted by Crippen LogP contribution is -2.19. The molecule has 0 bridgehead atoms. The standard InChI is InChI=1S/C13H12BrFN2O3S/c1-17-21(18,19)13-7-10(16)2-3-12(13)20-11-5-8(14)4-9(15)6-11/h2-7,17H,16H2,1H3. The highest BCUT2D eigenvalue weighted by Crippen LogP contribution is 2.32. The van der Waals surface area contributed by atoms with E-state index in [-0.39, 0.29) is 22.1 Å². The SMILES string of the molecule is CNS(=O)(=O)c1cc(N)ccc1Oc1cc(F)cc(Br)c1. The lowest BCUT2D eigenvalue weighted by molar-refractivity contribution is 0.462. The molecule has 5 nitrogen and oxygen atoms in total. The van der Waals surface area contributed by atoms with Crippen LogP contribution in [0, 0.1) is 5.82 Å². The first kappa shape index (κ1) is 15.7. The summed E-state index contributed by atoms with van der Waals surface area (Å²) in [5, 5.41) is 0. The van der Waals surface area contributed by atoms with Crippen molar-refractivity contribution < 1.29 is 17.5 Å². The maximum absolute atomic E-state index is 13.3. The van der Waals surface area contributed by atoms with Crippen LogP contribution in [0.1, 0.15) is 0 Å². The van der Waals surface area contributed by atoms with Crippen LogP contribution in [-0.2, 0) is 10.0 Å². The third kappa shape index (κ3) is 3.72. The molecular weight excluding hydrogens is 363 g/mol. The summed E-state index contributed by atoms with van der Waals surface area (Å²) >= 11 is 3.14. The largest absolute Gasteiger partial charge is 0.456 e. The van der Waals surface area contributed by atoms with E-state index in [0.717, 1.165) is 6.07 Å². The van der Waals surface area contributed by atoms with Gasteiger partial charge in [-0.3, -0.25) is 0 Å². The van der Waals surface area contributed by atoms with Gasteiger partial charge in [-0.25, -0.2) is 17.5 Å². The Bertz CT molecular complexity index is 761. The molecule has 2 rings (SSSR count). The normalized spacial score (nSPS) is 11.4. The Morgan fingerprint density at radius 1 is 1.24 bits per heavy atom. The molecule has 0 aliphatic rings. The molecule has 2 aromatic rings. The number of anilines is 1. The topological polar surface area (TPSA) is 81.4 Å². The van der Waals surface area contributed by atoms with Gasteiger partial charge < -0.3 is 10.5 Å². The summed E-state index contributed by atoms with van der Waals surface area (Å²) in [5.74, 6) is -0.289. The van der Waals surface area contributed by atoms with Crippen molar-refractivity contribution in [1.82, 2.24) is 4.72 Å². The van der Waals surface area contributed by atoms with Gasteiger partial charge in [0.15, 0.2) is 0 Å². The van der Waals surface area contributed by atoms with E-state index in [1.54, 1.807) is 0 Å². The Morgan fingerprint density at radius 3 is 2.57 bits per heavy atom. The van der Waals surface area contributed by atoms with E-state index in [0.29, 0.717) is 4.47 Å². The third-order valence-electron chi connectivity index (χ3n) is 2.59. The van der Waals surface area contributed by atoms with Gasteiger partial charge in [0, 0.05) is 16.2 Å². The van der Waals surface area contributed by atoms with E-state index < -0.39 is 15.8 Å². The molecule has 3 N–H and O–H groups in total. The van der Waals surface area contributed by atoms with Crippen molar-refractivity contribution in [2.24, 2.45) is 0 Å². The van der Waals surface area contributed by atoms with E-state index in [9.17, 15) is 12.8 Å². The van der Waals surface area contributed by atoms with E-state index in [1.807, 2.05) is 0 Å². The molecule has 0 heterocycles. The molecule has 0 aromatic heterocycles. The summed E-state index contributed by atoms with van der Waals surface area (Å²) in [5.41, 5.74) is 5.88. The number of nitrogens with one attached hydrogen (secondary N) is 1. The highest BCUT2D eigenvalue weighted by molar-refractivity contribution is 9.10. The van der Waals surface area contributed by atoms with Crippen molar-refractivity contribution in [3.05, 3.63) is 46.7 Å². The van der Waals surface area contributed by atoms with E-state index in [2.05, 4.69) is 20.7 Å². The third-order valence-corrected chi connectivity index (χ3v) is 4.48. The van der Waals surface area contributed by atoms with E-state index >= 15 is 0 Å². The number of hydrogen-bond donors (Lipinski definition) is 2. The first-order valence-electron chi connectivity index (χ1n) is 5.79. The lowest BCUT2D eigenvalue weighted by Gasteiger charge is -2.12. The maximum Gasteiger partial charge on any atom is 0.244 e. The van der Waals surface area contributed by atoms with Crippen LogP contribution < -0.4 is 15.2 Å². The number of rotatable bonds is 4. The van der Waals surface area contributed by atoms with Crippen LogP contribution in [-0.4, -0.2) is 15.5 Å². The van der Waals surface area contributed by atoms with Crippen molar-refractivity contribution in [3.63, 3.8) is 0 Å². The van der Waals surface area contributed by atoms with Crippen LogP contribution in [0.2, 0.25) is 0 Å². The molecule has 0 saturated carbocycles. The molecular formula is C13H12BrFN2O3S. The predicted molar refractivity (Wildman–Crippen MR) is 81.3 cm³/mol. The summed E-state index contributed by atoms with van der Waals surface area (Å²) in [4.78, 5) is -0.120. The molecule has 0 aliphatic heterocycles. The van der Waals surface area contributed by atoms with Gasteiger partial charge in [-0.05, 0) is 37.4 Å². The fourth-order valence-corrected chi connectivity index (χ4v) is 2.97. The zero-order valence-corrected chi connectivity index (χ0v) is 13.3. The van der Waals surface area contributed by atoms with Gasteiger partial charge in [0.2, 0.25) is 10.0 Å². The molecule has 0 saturated heterocycles. The number of hydrogen-bond acceptors (Lipinski definition) is 4. The second-order valence-corrected chi connectivity index (χ2v) is 6.89. The molecule has 0 unspecified atom stereocenters. The van der Waals surface area contributed by atoms with Gasteiger partial charge in [-0.2, -0.15) is 0 Å². The molecule has 112 valence electrons. The summed E-state index contributed by atoms with van der Waals surface area (Å²) in [6.45, 7) is 0. The molecule has 0 spiro atoms. The quantitative estimate of drug-likeness (QED) is 0.806. The first-order valence-corrected chi connectivity index (χ1v) is 8.06.